The third-order valence-electron chi connectivity index (χ3n) is 6.43. The van der Waals surface area contributed by atoms with Gasteiger partial charge in [0.05, 0.1) is 11.8 Å². The summed E-state index contributed by atoms with van der Waals surface area (Å²) >= 11 is 0. The van der Waals surface area contributed by atoms with Gasteiger partial charge in [-0.25, -0.2) is 4.79 Å². The molecular weight excluding hydrogens is 444 g/mol. The summed E-state index contributed by atoms with van der Waals surface area (Å²) in [5, 5.41) is 14.7. The number of rotatable bonds is 10. The van der Waals surface area contributed by atoms with Gasteiger partial charge in [0.15, 0.2) is 0 Å². The zero-order valence-corrected chi connectivity index (χ0v) is 21.0. The minimum absolute atomic E-state index is 0.0381. The maximum Gasteiger partial charge on any atom is 0.407 e. The van der Waals surface area contributed by atoms with E-state index < -0.39 is 23.9 Å². The molecule has 0 spiro atoms. The zero-order valence-electron chi connectivity index (χ0n) is 21.0. The van der Waals surface area contributed by atoms with Crippen LogP contribution in [0, 0.1) is 17.3 Å². The molecule has 3 N–H and O–H groups in total. The lowest BCUT2D eigenvalue weighted by Gasteiger charge is -2.26. The molecule has 3 rings (SSSR count). The SMILES string of the molecule is CCC(CNC(=O)C(CNC(=O)OCC1c2ccccc2-c2ccccc21)CC(C)(C)C)C(=O)O. The first-order valence-corrected chi connectivity index (χ1v) is 12.2. The van der Waals surface area contributed by atoms with Crippen molar-refractivity contribution in [2.24, 2.45) is 17.3 Å². The van der Waals surface area contributed by atoms with Crippen molar-refractivity contribution in [1.29, 1.82) is 0 Å². The maximum absolute atomic E-state index is 12.8. The lowest BCUT2D eigenvalue weighted by Crippen LogP contribution is -2.43. The van der Waals surface area contributed by atoms with E-state index in [0.29, 0.717) is 12.8 Å². The van der Waals surface area contributed by atoms with Crippen molar-refractivity contribution in [3.05, 3.63) is 59.7 Å². The van der Waals surface area contributed by atoms with Crippen LogP contribution in [0.3, 0.4) is 0 Å². The Morgan fingerprint density at radius 3 is 1.97 bits per heavy atom. The second-order valence-electron chi connectivity index (χ2n) is 10.4. The Balaban J connectivity index is 1.59. The number of carbonyl (C=O) groups excluding carboxylic acids is 2. The molecule has 2 atom stereocenters. The van der Waals surface area contributed by atoms with Gasteiger partial charge >= 0.3 is 12.1 Å². The van der Waals surface area contributed by atoms with E-state index in [-0.39, 0.29) is 36.9 Å². The Bertz CT molecular complexity index is 1010. The number of carboxylic acids is 1. The number of hydrogen-bond donors (Lipinski definition) is 3. The van der Waals surface area contributed by atoms with Crippen LogP contribution in [0.25, 0.3) is 11.1 Å². The predicted octanol–water partition coefficient (Wildman–Crippen LogP) is 4.80. The smallest absolute Gasteiger partial charge is 0.407 e. The van der Waals surface area contributed by atoms with E-state index in [0.717, 1.165) is 22.3 Å². The molecular formula is C28H36N2O5. The summed E-state index contributed by atoms with van der Waals surface area (Å²) < 4.78 is 5.59. The van der Waals surface area contributed by atoms with Crippen LogP contribution in [-0.4, -0.2) is 42.8 Å². The summed E-state index contributed by atoms with van der Waals surface area (Å²) in [6, 6.07) is 16.3. The van der Waals surface area contributed by atoms with Crippen LogP contribution in [0.4, 0.5) is 4.79 Å². The van der Waals surface area contributed by atoms with E-state index in [1.807, 2.05) is 45.0 Å². The van der Waals surface area contributed by atoms with Gasteiger partial charge in [-0.15, -0.1) is 0 Å². The Morgan fingerprint density at radius 2 is 1.46 bits per heavy atom. The van der Waals surface area contributed by atoms with Gasteiger partial charge in [-0.05, 0) is 40.5 Å². The third kappa shape index (κ3) is 6.84. The Hall–Kier alpha value is -3.35. The largest absolute Gasteiger partial charge is 0.481 e. The topological polar surface area (TPSA) is 105 Å². The van der Waals surface area contributed by atoms with Gasteiger partial charge in [0.2, 0.25) is 5.91 Å². The Morgan fingerprint density at radius 1 is 0.914 bits per heavy atom. The summed E-state index contributed by atoms with van der Waals surface area (Å²) in [4.78, 5) is 36.7. The minimum atomic E-state index is -0.933. The lowest BCUT2D eigenvalue weighted by molar-refractivity contribution is -0.141. The van der Waals surface area contributed by atoms with Gasteiger partial charge < -0.3 is 20.5 Å². The number of hydrogen-bond acceptors (Lipinski definition) is 4. The molecule has 7 heteroatoms. The molecule has 2 aromatic carbocycles. The monoisotopic (exact) mass is 480 g/mol. The molecule has 0 heterocycles. The summed E-state index contributed by atoms with van der Waals surface area (Å²) in [6.07, 6.45) is 0.389. The second kappa shape index (κ2) is 11.4. The van der Waals surface area contributed by atoms with E-state index in [2.05, 4.69) is 34.9 Å². The van der Waals surface area contributed by atoms with Crippen molar-refractivity contribution in [2.75, 3.05) is 19.7 Å². The molecule has 35 heavy (non-hydrogen) atoms. The molecule has 0 bridgehead atoms. The molecule has 1 aliphatic carbocycles. The molecule has 0 radical (unpaired) electrons. The van der Waals surface area contributed by atoms with Crippen molar-refractivity contribution >= 4 is 18.0 Å². The highest BCUT2D eigenvalue weighted by Crippen LogP contribution is 2.44. The van der Waals surface area contributed by atoms with Crippen molar-refractivity contribution < 1.29 is 24.2 Å². The molecule has 7 nitrogen and oxygen atoms in total. The summed E-state index contributed by atoms with van der Waals surface area (Å²) in [5.41, 5.74) is 4.43. The number of carboxylic acid groups (broad SMARTS) is 1. The van der Waals surface area contributed by atoms with Crippen molar-refractivity contribution in [3.8, 4) is 11.1 Å². The molecule has 0 aliphatic heterocycles. The van der Waals surface area contributed by atoms with Crippen LogP contribution in [-0.2, 0) is 14.3 Å². The van der Waals surface area contributed by atoms with Crippen LogP contribution >= 0.6 is 0 Å². The Kier molecular flexibility index (Phi) is 8.54. The second-order valence-corrected chi connectivity index (χ2v) is 10.4. The standard InChI is InChI=1S/C28H36N2O5/c1-5-18(26(32)33)15-29-25(31)19(14-28(2,3)4)16-30-27(34)35-17-24-22-12-8-6-10-20(22)21-11-7-9-13-23(21)24/h6-13,18-19,24H,5,14-17H2,1-4H3,(H,29,31)(H,30,34)(H,32,33). The average molecular weight is 481 g/mol. The van der Waals surface area contributed by atoms with Crippen LogP contribution < -0.4 is 10.6 Å². The van der Waals surface area contributed by atoms with Crippen LogP contribution in [0.1, 0.15) is 57.6 Å². The van der Waals surface area contributed by atoms with Gasteiger partial charge in [0.1, 0.15) is 6.61 Å². The van der Waals surface area contributed by atoms with Crippen molar-refractivity contribution in [2.45, 2.75) is 46.5 Å². The van der Waals surface area contributed by atoms with E-state index in [1.165, 1.54) is 0 Å². The number of nitrogens with one attached hydrogen (secondary N) is 2. The number of ether oxygens (including phenoxy) is 1. The number of amides is 2. The number of alkyl carbamates (subject to hydrolysis) is 1. The molecule has 2 amide bonds. The van der Waals surface area contributed by atoms with Gasteiger partial charge in [0.25, 0.3) is 0 Å². The fourth-order valence-corrected chi connectivity index (χ4v) is 4.63. The van der Waals surface area contributed by atoms with E-state index in [4.69, 9.17) is 4.74 Å². The first-order valence-electron chi connectivity index (χ1n) is 12.2. The summed E-state index contributed by atoms with van der Waals surface area (Å²) in [6.45, 7) is 8.22. The predicted molar refractivity (Wildman–Crippen MR) is 135 cm³/mol. The highest BCUT2D eigenvalue weighted by Gasteiger charge is 2.30. The normalized spacial score (nSPS) is 14.4. The van der Waals surface area contributed by atoms with Gasteiger partial charge in [-0.3, -0.25) is 9.59 Å². The van der Waals surface area contributed by atoms with Crippen molar-refractivity contribution in [1.82, 2.24) is 10.6 Å². The summed E-state index contributed by atoms with van der Waals surface area (Å²) in [7, 11) is 0. The number of fused-ring (bicyclic) bond motifs is 3. The fraction of sp³-hybridized carbons (Fsp3) is 0.464. The van der Waals surface area contributed by atoms with Gasteiger partial charge in [-0.1, -0.05) is 76.2 Å². The van der Waals surface area contributed by atoms with Crippen LogP contribution in [0.5, 0.6) is 0 Å². The molecule has 1 aliphatic rings. The first-order chi connectivity index (χ1) is 16.6. The Labute approximate surface area is 207 Å². The summed E-state index contributed by atoms with van der Waals surface area (Å²) in [5.74, 6) is -2.37. The molecule has 2 aromatic rings. The average Bonchev–Trinajstić information content (AvgIpc) is 3.13. The van der Waals surface area contributed by atoms with Crippen molar-refractivity contribution in [3.63, 3.8) is 0 Å². The molecule has 0 aromatic heterocycles. The third-order valence-corrected chi connectivity index (χ3v) is 6.43. The molecule has 0 saturated heterocycles. The highest BCUT2D eigenvalue weighted by molar-refractivity contribution is 5.81. The van der Waals surface area contributed by atoms with Crippen LogP contribution in [0.2, 0.25) is 0 Å². The number of benzene rings is 2. The van der Waals surface area contributed by atoms with Gasteiger partial charge in [0, 0.05) is 19.0 Å². The minimum Gasteiger partial charge on any atom is -0.481 e. The van der Waals surface area contributed by atoms with Crippen LogP contribution in [0.15, 0.2) is 48.5 Å². The van der Waals surface area contributed by atoms with Gasteiger partial charge in [-0.2, -0.15) is 0 Å². The zero-order chi connectivity index (χ0) is 25.6. The maximum atomic E-state index is 12.8. The molecule has 0 saturated carbocycles. The molecule has 188 valence electrons. The number of aliphatic carboxylic acids is 1. The van der Waals surface area contributed by atoms with E-state index in [9.17, 15) is 19.5 Å². The number of carbonyl (C=O) groups is 3. The lowest BCUT2D eigenvalue weighted by atomic mass is 9.84. The van der Waals surface area contributed by atoms with E-state index in [1.54, 1.807) is 6.92 Å². The van der Waals surface area contributed by atoms with E-state index >= 15 is 0 Å². The molecule has 0 fully saturated rings. The molecule has 2 unspecified atom stereocenters. The quantitative estimate of drug-likeness (QED) is 0.453. The fourth-order valence-electron chi connectivity index (χ4n) is 4.63. The highest BCUT2D eigenvalue weighted by atomic mass is 16.5. The first kappa shape index (κ1) is 26.3.